The number of nitrogen functional groups attached to an aromatic ring is 1. The van der Waals surface area contributed by atoms with E-state index in [-0.39, 0.29) is 11.4 Å². The van der Waals surface area contributed by atoms with Crippen LogP contribution in [0.15, 0.2) is 6.20 Å². The predicted octanol–water partition coefficient (Wildman–Crippen LogP) is 0.988. The normalized spacial score (nSPS) is 10.8. The molecule has 2 heterocycles. The Morgan fingerprint density at radius 2 is 2.33 bits per heavy atom. The van der Waals surface area contributed by atoms with Crippen molar-refractivity contribution in [2.45, 2.75) is 6.92 Å². The number of rotatable bonds is 0. The summed E-state index contributed by atoms with van der Waals surface area (Å²) in [6.45, 7) is 1.56. The number of halogens is 1. The van der Waals surface area contributed by atoms with Crippen LogP contribution in [0.2, 0.25) is 0 Å². The standard InChI is InChI=1S/C7H7FN4/c1-3-5(8)6(9)4-2-10-12-7(4)11-3/h2H,1H3,(H3,9,10,11,12). The van der Waals surface area contributed by atoms with E-state index in [1.807, 2.05) is 0 Å². The van der Waals surface area contributed by atoms with Crippen molar-refractivity contribution >= 4 is 16.7 Å². The van der Waals surface area contributed by atoms with Gasteiger partial charge in [-0.05, 0) is 6.92 Å². The molecule has 4 nitrogen and oxygen atoms in total. The van der Waals surface area contributed by atoms with Crippen molar-refractivity contribution in [3.8, 4) is 0 Å². The lowest BCUT2D eigenvalue weighted by Crippen LogP contribution is -1.97. The molecule has 2 aromatic heterocycles. The van der Waals surface area contributed by atoms with E-state index in [9.17, 15) is 4.39 Å². The van der Waals surface area contributed by atoms with Gasteiger partial charge in [0.05, 0.1) is 23.0 Å². The fraction of sp³-hybridized carbons (Fsp3) is 0.143. The van der Waals surface area contributed by atoms with Crippen molar-refractivity contribution in [2.75, 3.05) is 5.73 Å². The van der Waals surface area contributed by atoms with E-state index in [4.69, 9.17) is 5.73 Å². The van der Waals surface area contributed by atoms with E-state index >= 15 is 0 Å². The van der Waals surface area contributed by atoms with Crippen LogP contribution in [0.25, 0.3) is 11.0 Å². The van der Waals surface area contributed by atoms with Gasteiger partial charge in [0.2, 0.25) is 0 Å². The van der Waals surface area contributed by atoms with E-state index in [2.05, 4.69) is 15.2 Å². The van der Waals surface area contributed by atoms with Gasteiger partial charge in [0, 0.05) is 0 Å². The van der Waals surface area contributed by atoms with Crippen molar-refractivity contribution in [2.24, 2.45) is 0 Å². The van der Waals surface area contributed by atoms with Gasteiger partial charge in [-0.25, -0.2) is 9.37 Å². The zero-order valence-corrected chi connectivity index (χ0v) is 6.43. The summed E-state index contributed by atoms with van der Waals surface area (Å²) < 4.78 is 13.1. The number of H-pyrrole nitrogens is 1. The van der Waals surface area contributed by atoms with Crippen LogP contribution in [0.4, 0.5) is 10.1 Å². The van der Waals surface area contributed by atoms with E-state index in [1.165, 1.54) is 6.20 Å². The Balaban J connectivity index is 2.94. The van der Waals surface area contributed by atoms with Crippen LogP contribution in [0, 0.1) is 12.7 Å². The minimum atomic E-state index is -0.469. The molecule has 3 N–H and O–H groups in total. The number of nitrogens with zero attached hydrogens (tertiary/aromatic N) is 2. The van der Waals surface area contributed by atoms with Crippen LogP contribution in [0.5, 0.6) is 0 Å². The zero-order chi connectivity index (χ0) is 8.72. The van der Waals surface area contributed by atoms with Gasteiger partial charge in [-0.15, -0.1) is 0 Å². The average molecular weight is 166 g/mol. The Hall–Kier alpha value is -1.65. The van der Waals surface area contributed by atoms with Gasteiger partial charge in [0.15, 0.2) is 11.5 Å². The van der Waals surface area contributed by atoms with E-state index in [0.717, 1.165) is 0 Å². The molecule has 2 aromatic rings. The van der Waals surface area contributed by atoms with Gasteiger partial charge in [-0.3, -0.25) is 5.10 Å². The molecular formula is C7H7FN4. The van der Waals surface area contributed by atoms with Crippen LogP contribution in [0.3, 0.4) is 0 Å². The maximum atomic E-state index is 13.1. The summed E-state index contributed by atoms with van der Waals surface area (Å²) in [6.07, 6.45) is 1.46. The third kappa shape index (κ3) is 0.761. The molecule has 5 heteroatoms. The highest BCUT2D eigenvalue weighted by atomic mass is 19.1. The van der Waals surface area contributed by atoms with Crippen molar-refractivity contribution < 1.29 is 4.39 Å². The molecule has 0 aliphatic carbocycles. The predicted molar refractivity (Wildman–Crippen MR) is 43.0 cm³/mol. The first-order valence-electron chi connectivity index (χ1n) is 3.45. The van der Waals surface area contributed by atoms with Crippen LogP contribution < -0.4 is 5.73 Å². The molecule has 12 heavy (non-hydrogen) atoms. The topological polar surface area (TPSA) is 67.6 Å². The number of fused-ring (bicyclic) bond motifs is 1. The number of hydrogen-bond donors (Lipinski definition) is 2. The van der Waals surface area contributed by atoms with Crippen LogP contribution >= 0.6 is 0 Å². The average Bonchev–Trinajstić information content (AvgIpc) is 2.48. The maximum absolute atomic E-state index is 13.1. The molecule has 0 amide bonds. The SMILES string of the molecule is Cc1nc2[nH]ncc2c(N)c1F. The molecule has 62 valence electrons. The summed E-state index contributed by atoms with van der Waals surface area (Å²) in [4.78, 5) is 3.92. The highest BCUT2D eigenvalue weighted by Crippen LogP contribution is 2.21. The van der Waals surface area contributed by atoms with Crippen molar-refractivity contribution in [3.05, 3.63) is 17.7 Å². The largest absolute Gasteiger partial charge is 0.396 e. The maximum Gasteiger partial charge on any atom is 0.168 e. The molecular weight excluding hydrogens is 159 g/mol. The Kier molecular flexibility index (Phi) is 1.27. The lowest BCUT2D eigenvalue weighted by atomic mass is 10.2. The number of hydrogen-bond acceptors (Lipinski definition) is 3. The fourth-order valence-electron chi connectivity index (χ4n) is 1.09. The number of aromatic amines is 1. The zero-order valence-electron chi connectivity index (χ0n) is 6.43. The molecule has 2 rings (SSSR count). The third-order valence-corrected chi connectivity index (χ3v) is 1.74. The summed E-state index contributed by atoms with van der Waals surface area (Å²) in [5.41, 5.74) is 6.39. The first-order valence-corrected chi connectivity index (χ1v) is 3.45. The smallest absolute Gasteiger partial charge is 0.168 e. The van der Waals surface area contributed by atoms with E-state index in [0.29, 0.717) is 11.0 Å². The van der Waals surface area contributed by atoms with Gasteiger partial charge in [0.25, 0.3) is 0 Å². The van der Waals surface area contributed by atoms with Gasteiger partial charge >= 0.3 is 0 Å². The molecule has 0 aromatic carbocycles. The second kappa shape index (κ2) is 2.17. The summed E-state index contributed by atoms with van der Waals surface area (Å²) >= 11 is 0. The molecule has 0 atom stereocenters. The van der Waals surface area contributed by atoms with Crippen LogP contribution in [-0.2, 0) is 0 Å². The highest BCUT2D eigenvalue weighted by molar-refractivity contribution is 5.87. The first-order chi connectivity index (χ1) is 5.70. The monoisotopic (exact) mass is 166 g/mol. The summed E-state index contributed by atoms with van der Waals surface area (Å²) in [5, 5.41) is 6.86. The summed E-state index contributed by atoms with van der Waals surface area (Å²) in [7, 11) is 0. The Labute approximate surface area is 67.6 Å². The summed E-state index contributed by atoms with van der Waals surface area (Å²) in [6, 6.07) is 0. The molecule has 0 saturated heterocycles. The molecule has 0 fully saturated rings. The second-order valence-electron chi connectivity index (χ2n) is 2.56. The van der Waals surface area contributed by atoms with Gasteiger partial charge in [-0.1, -0.05) is 0 Å². The van der Waals surface area contributed by atoms with Crippen LogP contribution in [0.1, 0.15) is 5.69 Å². The van der Waals surface area contributed by atoms with Gasteiger partial charge < -0.3 is 5.73 Å². The van der Waals surface area contributed by atoms with Crippen molar-refractivity contribution in [3.63, 3.8) is 0 Å². The van der Waals surface area contributed by atoms with E-state index in [1.54, 1.807) is 6.92 Å². The minimum Gasteiger partial charge on any atom is -0.396 e. The third-order valence-electron chi connectivity index (χ3n) is 1.74. The molecule has 0 aliphatic rings. The molecule has 0 spiro atoms. The number of nitrogens with one attached hydrogen (secondary N) is 1. The fourth-order valence-corrected chi connectivity index (χ4v) is 1.09. The highest BCUT2D eigenvalue weighted by Gasteiger charge is 2.09. The Morgan fingerprint density at radius 3 is 3.08 bits per heavy atom. The number of anilines is 1. The second-order valence-corrected chi connectivity index (χ2v) is 2.56. The number of aryl methyl sites for hydroxylation is 1. The number of nitrogens with two attached hydrogens (primary N) is 1. The van der Waals surface area contributed by atoms with Crippen molar-refractivity contribution in [1.29, 1.82) is 0 Å². The van der Waals surface area contributed by atoms with Crippen molar-refractivity contribution in [1.82, 2.24) is 15.2 Å². The first kappa shape index (κ1) is 7.02. The molecule has 0 bridgehead atoms. The van der Waals surface area contributed by atoms with Gasteiger partial charge in [-0.2, -0.15) is 5.10 Å². The molecule has 0 unspecified atom stereocenters. The minimum absolute atomic E-state index is 0.103. The Bertz CT molecular complexity index is 434. The molecule has 0 aliphatic heterocycles. The molecule has 0 radical (unpaired) electrons. The number of pyridine rings is 1. The Morgan fingerprint density at radius 1 is 1.58 bits per heavy atom. The summed E-state index contributed by atoms with van der Waals surface area (Å²) in [5.74, 6) is -0.469. The number of aromatic nitrogens is 3. The van der Waals surface area contributed by atoms with Gasteiger partial charge in [0.1, 0.15) is 0 Å². The lowest BCUT2D eigenvalue weighted by Gasteiger charge is -1.99. The quantitative estimate of drug-likeness (QED) is 0.613. The lowest BCUT2D eigenvalue weighted by molar-refractivity contribution is 0.617. The molecule has 0 saturated carbocycles. The van der Waals surface area contributed by atoms with Crippen LogP contribution in [-0.4, -0.2) is 15.2 Å². The van der Waals surface area contributed by atoms with E-state index < -0.39 is 5.82 Å².